The van der Waals surface area contributed by atoms with Gasteiger partial charge in [0.15, 0.2) is 11.5 Å². The van der Waals surface area contributed by atoms with E-state index in [0.29, 0.717) is 18.9 Å². The van der Waals surface area contributed by atoms with Gasteiger partial charge < -0.3 is 20.3 Å². The van der Waals surface area contributed by atoms with Crippen LogP contribution in [0.1, 0.15) is 25.3 Å². The van der Waals surface area contributed by atoms with Gasteiger partial charge in [0.2, 0.25) is 0 Å². The third-order valence-corrected chi connectivity index (χ3v) is 3.49. The first-order chi connectivity index (χ1) is 8.71. The Hall–Kier alpha value is -1.26. The summed E-state index contributed by atoms with van der Waals surface area (Å²) in [5.41, 5.74) is 0.919. The Morgan fingerprint density at radius 3 is 2.78 bits per heavy atom. The first-order valence-corrected chi connectivity index (χ1v) is 6.46. The lowest BCUT2D eigenvalue weighted by molar-refractivity contribution is 0.207. The molecule has 18 heavy (non-hydrogen) atoms. The van der Waals surface area contributed by atoms with Crippen molar-refractivity contribution in [2.75, 3.05) is 19.8 Å². The number of hydrogen-bond acceptors (Lipinski definition) is 4. The van der Waals surface area contributed by atoms with Crippen LogP contribution in [0.3, 0.4) is 0 Å². The van der Waals surface area contributed by atoms with Gasteiger partial charge in [0.25, 0.3) is 0 Å². The summed E-state index contributed by atoms with van der Waals surface area (Å²) in [6.45, 7) is 4.06. The lowest BCUT2D eigenvalue weighted by Gasteiger charge is -2.14. The minimum absolute atomic E-state index is 0.0904. The number of aromatic hydroxyl groups is 1. The van der Waals surface area contributed by atoms with Crippen LogP contribution in [0.15, 0.2) is 18.2 Å². The molecule has 0 heterocycles. The molecule has 0 atom stereocenters. The number of aliphatic hydroxyl groups excluding tert-OH is 1. The average molecular weight is 251 g/mol. The summed E-state index contributed by atoms with van der Waals surface area (Å²) in [4.78, 5) is 0. The number of aliphatic hydroxyl groups is 1. The van der Waals surface area contributed by atoms with Gasteiger partial charge in [-0.05, 0) is 25.8 Å². The van der Waals surface area contributed by atoms with E-state index in [2.05, 4.69) is 5.32 Å². The summed E-state index contributed by atoms with van der Waals surface area (Å²) in [5.74, 6) is 0.737. The van der Waals surface area contributed by atoms with Gasteiger partial charge in [0, 0.05) is 30.7 Å². The molecule has 4 heteroatoms. The average Bonchev–Trinajstić information content (AvgIpc) is 3.15. The highest BCUT2D eigenvalue weighted by molar-refractivity contribution is 5.45. The second-order valence-electron chi connectivity index (χ2n) is 4.96. The van der Waals surface area contributed by atoms with Crippen LogP contribution in [0.4, 0.5) is 0 Å². The van der Waals surface area contributed by atoms with Gasteiger partial charge in [-0.1, -0.05) is 12.1 Å². The van der Waals surface area contributed by atoms with Gasteiger partial charge in [0.05, 0.1) is 6.61 Å². The number of ether oxygens (including phenoxy) is 1. The summed E-state index contributed by atoms with van der Waals surface area (Å²) in [6.07, 6.45) is 2.17. The van der Waals surface area contributed by atoms with Crippen LogP contribution in [0.5, 0.6) is 11.5 Å². The normalized spacial score (nSPS) is 16.6. The Morgan fingerprint density at radius 2 is 2.17 bits per heavy atom. The molecule has 1 aromatic rings. The van der Waals surface area contributed by atoms with Crippen molar-refractivity contribution in [3.8, 4) is 11.5 Å². The highest BCUT2D eigenvalue weighted by atomic mass is 16.5. The highest BCUT2D eigenvalue weighted by Gasteiger charge is 2.41. The van der Waals surface area contributed by atoms with Gasteiger partial charge >= 0.3 is 0 Å². The number of para-hydroxylation sites is 1. The van der Waals surface area contributed by atoms with E-state index in [9.17, 15) is 10.2 Å². The fraction of sp³-hybridized carbons (Fsp3) is 0.571. The maximum Gasteiger partial charge on any atom is 0.162 e. The molecule has 0 aliphatic heterocycles. The van der Waals surface area contributed by atoms with Crippen LogP contribution >= 0.6 is 0 Å². The quantitative estimate of drug-likeness (QED) is 0.689. The van der Waals surface area contributed by atoms with E-state index in [-0.39, 0.29) is 17.8 Å². The van der Waals surface area contributed by atoms with Crippen molar-refractivity contribution in [3.63, 3.8) is 0 Å². The van der Waals surface area contributed by atoms with E-state index in [0.717, 1.165) is 24.9 Å². The summed E-state index contributed by atoms with van der Waals surface area (Å²) >= 11 is 0. The molecule has 0 spiro atoms. The third-order valence-electron chi connectivity index (χ3n) is 3.49. The molecular formula is C14H21NO3. The largest absolute Gasteiger partial charge is 0.504 e. The Labute approximate surface area is 108 Å². The number of hydrogen-bond donors (Lipinski definition) is 3. The van der Waals surface area contributed by atoms with E-state index in [1.54, 1.807) is 6.07 Å². The van der Waals surface area contributed by atoms with Crippen molar-refractivity contribution in [1.82, 2.24) is 5.32 Å². The number of nitrogens with one attached hydrogen (secondary N) is 1. The molecule has 0 saturated heterocycles. The maximum atomic E-state index is 10.0. The summed E-state index contributed by atoms with van der Waals surface area (Å²) in [6, 6.07) is 5.52. The van der Waals surface area contributed by atoms with Crippen LogP contribution in [-0.2, 0) is 6.54 Å². The van der Waals surface area contributed by atoms with E-state index >= 15 is 0 Å². The number of phenolic OH excluding ortho intramolecular Hbond substituents is 1. The van der Waals surface area contributed by atoms with E-state index in [1.807, 2.05) is 19.1 Å². The molecule has 1 aliphatic rings. The summed E-state index contributed by atoms with van der Waals surface area (Å²) in [5, 5.41) is 22.5. The SMILES string of the molecule is CCOc1cccc(CNCC2(CO)CC2)c1O. The first-order valence-electron chi connectivity index (χ1n) is 6.46. The minimum atomic E-state index is 0.0904. The fourth-order valence-corrected chi connectivity index (χ4v) is 2.01. The lowest BCUT2D eigenvalue weighted by Crippen LogP contribution is -2.26. The third kappa shape index (κ3) is 2.94. The molecule has 1 aromatic carbocycles. The van der Waals surface area contributed by atoms with Gasteiger partial charge in [-0.3, -0.25) is 0 Å². The zero-order valence-electron chi connectivity index (χ0n) is 10.8. The van der Waals surface area contributed by atoms with E-state index < -0.39 is 0 Å². The topological polar surface area (TPSA) is 61.7 Å². The Bertz CT molecular complexity index is 402. The summed E-state index contributed by atoms with van der Waals surface area (Å²) in [7, 11) is 0. The summed E-state index contributed by atoms with van der Waals surface area (Å²) < 4.78 is 5.34. The molecule has 100 valence electrons. The van der Waals surface area contributed by atoms with Gasteiger partial charge in [0.1, 0.15) is 0 Å². The Kier molecular flexibility index (Phi) is 4.09. The van der Waals surface area contributed by atoms with Crippen LogP contribution in [-0.4, -0.2) is 30.0 Å². The van der Waals surface area contributed by atoms with E-state index in [1.165, 1.54) is 0 Å². The van der Waals surface area contributed by atoms with Crippen LogP contribution in [0.25, 0.3) is 0 Å². The minimum Gasteiger partial charge on any atom is -0.504 e. The monoisotopic (exact) mass is 251 g/mol. The predicted molar refractivity (Wildman–Crippen MR) is 69.7 cm³/mol. The van der Waals surface area contributed by atoms with Gasteiger partial charge in [-0.2, -0.15) is 0 Å². The molecule has 0 amide bonds. The molecule has 4 nitrogen and oxygen atoms in total. The number of rotatable bonds is 7. The van der Waals surface area contributed by atoms with Gasteiger partial charge in [-0.15, -0.1) is 0 Å². The molecule has 0 bridgehead atoms. The fourth-order valence-electron chi connectivity index (χ4n) is 2.01. The van der Waals surface area contributed by atoms with Crippen LogP contribution < -0.4 is 10.1 Å². The smallest absolute Gasteiger partial charge is 0.162 e. The molecule has 1 aliphatic carbocycles. The van der Waals surface area contributed by atoms with Crippen molar-refractivity contribution < 1.29 is 14.9 Å². The van der Waals surface area contributed by atoms with Crippen molar-refractivity contribution in [2.45, 2.75) is 26.3 Å². The van der Waals surface area contributed by atoms with Crippen molar-refractivity contribution >= 4 is 0 Å². The van der Waals surface area contributed by atoms with Gasteiger partial charge in [-0.25, -0.2) is 0 Å². The zero-order chi connectivity index (χ0) is 13.0. The second-order valence-corrected chi connectivity index (χ2v) is 4.96. The second kappa shape index (κ2) is 5.59. The van der Waals surface area contributed by atoms with Crippen LogP contribution in [0.2, 0.25) is 0 Å². The number of benzene rings is 1. The van der Waals surface area contributed by atoms with Crippen molar-refractivity contribution in [1.29, 1.82) is 0 Å². The molecule has 0 aromatic heterocycles. The molecular weight excluding hydrogens is 230 g/mol. The lowest BCUT2D eigenvalue weighted by atomic mass is 10.1. The molecule has 2 rings (SSSR count). The zero-order valence-corrected chi connectivity index (χ0v) is 10.8. The van der Waals surface area contributed by atoms with E-state index in [4.69, 9.17) is 4.74 Å². The molecule has 1 fully saturated rings. The first kappa shape index (κ1) is 13.2. The maximum absolute atomic E-state index is 10.0. The molecule has 3 N–H and O–H groups in total. The van der Waals surface area contributed by atoms with Crippen molar-refractivity contribution in [3.05, 3.63) is 23.8 Å². The molecule has 0 radical (unpaired) electrons. The van der Waals surface area contributed by atoms with Crippen LogP contribution in [0, 0.1) is 5.41 Å². The predicted octanol–water partition coefficient (Wildman–Crippen LogP) is 1.65. The molecule has 1 saturated carbocycles. The molecule has 0 unspecified atom stereocenters. The Morgan fingerprint density at radius 1 is 1.39 bits per heavy atom. The van der Waals surface area contributed by atoms with Crippen molar-refractivity contribution in [2.24, 2.45) is 5.41 Å². The standard InChI is InChI=1S/C14H21NO3/c1-2-18-12-5-3-4-11(13(12)17)8-15-9-14(10-16)6-7-14/h3-5,15-17H,2,6-10H2,1H3. The number of phenols is 1. The Balaban J connectivity index is 1.90. The highest BCUT2D eigenvalue weighted by Crippen LogP contribution is 2.44.